The molecule has 120 valence electrons. The van der Waals surface area contributed by atoms with Gasteiger partial charge in [-0.1, -0.05) is 41.6 Å². The molecule has 5 nitrogen and oxygen atoms in total. The Bertz CT molecular complexity index is 668. The molecule has 0 fully saturated rings. The smallest absolute Gasteiger partial charge is 0.207 e. The zero-order valence-corrected chi connectivity index (χ0v) is 13.2. The number of carbonyl (C=O) groups is 1. The van der Waals surface area contributed by atoms with Crippen LogP contribution in [0.15, 0.2) is 53.7 Å². The molecule has 0 N–H and O–H groups in total. The van der Waals surface area contributed by atoms with Crippen LogP contribution >= 0.6 is 0 Å². The van der Waals surface area contributed by atoms with Gasteiger partial charge in [-0.05, 0) is 11.6 Å². The number of ether oxygens (including phenoxy) is 2. The number of rotatable bonds is 8. The number of nitrogens with zero attached hydrogens (tertiary/aromatic N) is 1. The molecule has 0 saturated heterocycles. The Morgan fingerprint density at radius 1 is 1.09 bits per heavy atom. The first-order valence-corrected chi connectivity index (χ1v) is 7.20. The minimum absolute atomic E-state index is 0.187. The van der Waals surface area contributed by atoms with E-state index in [4.69, 9.17) is 14.3 Å². The topological polar surface area (TPSA) is 57.1 Å². The molecule has 0 saturated carbocycles. The van der Waals surface area contributed by atoms with Crippen molar-refractivity contribution in [3.8, 4) is 11.5 Å². The number of hydrogen-bond acceptors (Lipinski definition) is 5. The number of carbonyl (C=O) groups excluding carboxylic acids is 1. The lowest BCUT2D eigenvalue weighted by Crippen LogP contribution is -2.02. The Labute approximate surface area is 135 Å². The number of ketones is 1. The summed E-state index contributed by atoms with van der Waals surface area (Å²) < 4.78 is 10.5. The summed E-state index contributed by atoms with van der Waals surface area (Å²) in [6.45, 7) is 0.348. The van der Waals surface area contributed by atoms with Crippen LogP contribution in [0.4, 0.5) is 0 Å². The van der Waals surface area contributed by atoms with Crippen molar-refractivity contribution in [2.24, 2.45) is 5.16 Å². The lowest BCUT2D eigenvalue weighted by atomic mass is 10.1. The van der Waals surface area contributed by atoms with Crippen molar-refractivity contribution < 1.29 is 19.1 Å². The molecule has 0 heterocycles. The summed E-state index contributed by atoms with van der Waals surface area (Å²) in [6, 6.07) is 14.5. The van der Waals surface area contributed by atoms with E-state index >= 15 is 0 Å². The molecular weight excluding hydrogens is 294 g/mol. The van der Waals surface area contributed by atoms with Gasteiger partial charge in [-0.3, -0.25) is 4.79 Å². The third-order valence-electron chi connectivity index (χ3n) is 3.26. The van der Waals surface area contributed by atoms with E-state index in [0.29, 0.717) is 18.6 Å². The van der Waals surface area contributed by atoms with Gasteiger partial charge in [0, 0.05) is 18.1 Å². The minimum atomic E-state index is -0.187. The number of benzene rings is 2. The summed E-state index contributed by atoms with van der Waals surface area (Å²) in [5, 5.41) is 3.71. The average molecular weight is 313 g/mol. The number of oxime groups is 1. The van der Waals surface area contributed by atoms with Gasteiger partial charge < -0.3 is 14.3 Å². The van der Waals surface area contributed by atoms with Gasteiger partial charge >= 0.3 is 0 Å². The van der Waals surface area contributed by atoms with Crippen molar-refractivity contribution in [2.75, 3.05) is 20.8 Å². The van der Waals surface area contributed by atoms with Gasteiger partial charge in [-0.25, -0.2) is 0 Å². The first kappa shape index (κ1) is 16.5. The summed E-state index contributed by atoms with van der Waals surface area (Å²) in [7, 11) is 3.21. The molecule has 2 rings (SSSR count). The third kappa shape index (κ3) is 4.85. The van der Waals surface area contributed by atoms with Crippen LogP contribution < -0.4 is 9.47 Å². The monoisotopic (exact) mass is 313 g/mol. The highest BCUT2D eigenvalue weighted by atomic mass is 16.6. The van der Waals surface area contributed by atoms with E-state index in [0.717, 1.165) is 17.1 Å². The second kappa shape index (κ2) is 8.58. The van der Waals surface area contributed by atoms with E-state index < -0.39 is 0 Å². The van der Waals surface area contributed by atoms with E-state index in [1.54, 1.807) is 38.5 Å². The Balaban J connectivity index is 1.83. The first-order valence-electron chi connectivity index (χ1n) is 7.20. The standard InChI is InChI=1S/C18H19NO4/c1-21-16-9-8-15(18(12-16)22-2)10-11-23-19-13-17(20)14-6-4-3-5-7-14/h3-9,12-13H,10-11H2,1-2H3/b19-13+. The SMILES string of the molecule is COc1ccc(CCO/N=C/C(=O)c2ccccc2)c(OC)c1. The normalized spacial score (nSPS) is 10.5. The van der Waals surface area contributed by atoms with Crippen molar-refractivity contribution in [1.29, 1.82) is 0 Å². The molecule has 0 aromatic heterocycles. The minimum Gasteiger partial charge on any atom is -0.497 e. The molecule has 0 bridgehead atoms. The third-order valence-corrected chi connectivity index (χ3v) is 3.26. The Hall–Kier alpha value is -2.82. The van der Waals surface area contributed by atoms with Crippen molar-refractivity contribution >= 4 is 12.0 Å². The Morgan fingerprint density at radius 2 is 1.87 bits per heavy atom. The molecule has 23 heavy (non-hydrogen) atoms. The van der Waals surface area contributed by atoms with Crippen LogP contribution in [0.3, 0.4) is 0 Å². The van der Waals surface area contributed by atoms with E-state index in [-0.39, 0.29) is 5.78 Å². The number of hydrogen-bond donors (Lipinski definition) is 0. The summed E-state index contributed by atoms with van der Waals surface area (Å²) in [5.41, 5.74) is 1.56. The summed E-state index contributed by atoms with van der Waals surface area (Å²) >= 11 is 0. The van der Waals surface area contributed by atoms with Crippen LogP contribution in [0, 0.1) is 0 Å². The molecule has 0 aliphatic carbocycles. The zero-order valence-electron chi connectivity index (χ0n) is 13.2. The molecule has 2 aromatic carbocycles. The van der Waals surface area contributed by atoms with Gasteiger partial charge in [0.25, 0.3) is 0 Å². The number of methoxy groups -OCH3 is 2. The maximum atomic E-state index is 11.8. The lowest BCUT2D eigenvalue weighted by Gasteiger charge is -2.09. The maximum absolute atomic E-state index is 11.8. The van der Waals surface area contributed by atoms with Crippen LogP contribution in [0.5, 0.6) is 11.5 Å². The van der Waals surface area contributed by atoms with Crippen molar-refractivity contribution in [3.63, 3.8) is 0 Å². The molecule has 0 aliphatic rings. The number of Topliss-reactive ketones (excluding diaryl/α,β-unsaturated/α-hetero) is 1. The van der Waals surface area contributed by atoms with Gasteiger partial charge in [0.05, 0.1) is 14.2 Å². The fraction of sp³-hybridized carbons (Fsp3) is 0.222. The Morgan fingerprint density at radius 3 is 2.57 bits per heavy atom. The molecule has 0 atom stereocenters. The van der Waals surface area contributed by atoms with Crippen molar-refractivity contribution in [1.82, 2.24) is 0 Å². The highest BCUT2D eigenvalue weighted by molar-refractivity contribution is 6.35. The van der Waals surface area contributed by atoms with Gasteiger partial charge in [0.2, 0.25) is 5.78 Å². The molecule has 0 unspecified atom stereocenters. The van der Waals surface area contributed by atoms with Gasteiger partial charge in [-0.15, -0.1) is 0 Å². The highest BCUT2D eigenvalue weighted by Crippen LogP contribution is 2.24. The fourth-order valence-electron chi connectivity index (χ4n) is 2.03. The lowest BCUT2D eigenvalue weighted by molar-refractivity contribution is 0.105. The molecule has 0 radical (unpaired) electrons. The molecule has 0 amide bonds. The fourth-order valence-corrected chi connectivity index (χ4v) is 2.03. The van der Waals surface area contributed by atoms with Crippen LogP contribution in [-0.4, -0.2) is 32.8 Å². The molecule has 0 aliphatic heterocycles. The molecule has 0 spiro atoms. The van der Waals surface area contributed by atoms with Gasteiger partial charge in [0.1, 0.15) is 24.3 Å². The van der Waals surface area contributed by atoms with E-state index in [1.807, 2.05) is 24.3 Å². The zero-order chi connectivity index (χ0) is 16.5. The van der Waals surface area contributed by atoms with Gasteiger partial charge in [0.15, 0.2) is 0 Å². The summed E-state index contributed by atoms with van der Waals surface area (Å²) in [4.78, 5) is 16.9. The highest BCUT2D eigenvalue weighted by Gasteiger charge is 2.05. The second-order valence-electron chi connectivity index (χ2n) is 4.73. The van der Waals surface area contributed by atoms with Crippen LogP contribution in [-0.2, 0) is 11.3 Å². The van der Waals surface area contributed by atoms with Crippen molar-refractivity contribution in [2.45, 2.75) is 6.42 Å². The van der Waals surface area contributed by atoms with E-state index in [1.165, 1.54) is 6.21 Å². The largest absolute Gasteiger partial charge is 0.497 e. The molecule has 2 aromatic rings. The molecule has 5 heteroatoms. The first-order chi connectivity index (χ1) is 11.2. The average Bonchev–Trinajstić information content (AvgIpc) is 2.62. The van der Waals surface area contributed by atoms with Crippen LogP contribution in [0.2, 0.25) is 0 Å². The van der Waals surface area contributed by atoms with E-state index in [9.17, 15) is 4.79 Å². The molecular formula is C18H19NO4. The predicted molar refractivity (Wildman–Crippen MR) is 88.5 cm³/mol. The maximum Gasteiger partial charge on any atom is 0.207 e. The van der Waals surface area contributed by atoms with Crippen LogP contribution in [0.25, 0.3) is 0 Å². The van der Waals surface area contributed by atoms with Gasteiger partial charge in [-0.2, -0.15) is 0 Å². The van der Waals surface area contributed by atoms with Crippen molar-refractivity contribution in [3.05, 3.63) is 59.7 Å². The quantitative estimate of drug-likeness (QED) is 0.325. The summed E-state index contributed by atoms with van der Waals surface area (Å²) in [6.07, 6.45) is 1.80. The predicted octanol–water partition coefficient (Wildman–Crippen LogP) is 3.13. The second-order valence-corrected chi connectivity index (χ2v) is 4.73. The van der Waals surface area contributed by atoms with Crippen LogP contribution in [0.1, 0.15) is 15.9 Å². The summed E-state index contributed by atoms with van der Waals surface area (Å²) in [5.74, 6) is 1.28. The Kier molecular flexibility index (Phi) is 6.17. The van der Waals surface area contributed by atoms with E-state index in [2.05, 4.69) is 5.16 Å².